The van der Waals surface area contributed by atoms with Crippen molar-refractivity contribution in [1.29, 1.82) is 0 Å². The Bertz CT molecular complexity index is 461. The number of nitrogens with one attached hydrogen (secondary N) is 1. The second-order valence-corrected chi connectivity index (χ2v) is 6.50. The molecule has 0 aliphatic carbocycles. The fourth-order valence-corrected chi connectivity index (χ4v) is 2.91. The van der Waals surface area contributed by atoms with Crippen LogP contribution in [0.2, 0.25) is 10.0 Å². The second-order valence-electron chi connectivity index (χ2n) is 5.71. The van der Waals surface area contributed by atoms with E-state index in [2.05, 4.69) is 19.2 Å². The molecule has 112 valence electrons. The van der Waals surface area contributed by atoms with Crippen molar-refractivity contribution in [2.24, 2.45) is 11.8 Å². The van der Waals surface area contributed by atoms with Crippen molar-refractivity contribution in [3.8, 4) is 5.75 Å². The van der Waals surface area contributed by atoms with Gasteiger partial charge in [0.15, 0.2) is 11.6 Å². The van der Waals surface area contributed by atoms with Gasteiger partial charge in [-0.2, -0.15) is 0 Å². The molecule has 0 bridgehead atoms. The zero-order valence-corrected chi connectivity index (χ0v) is 13.3. The molecule has 0 spiro atoms. The van der Waals surface area contributed by atoms with Crippen molar-refractivity contribution in [2.75, 3.05) is 13.1 Å². The summed E-state index contributed by atoms with van der Waals surface area (Å²) >= 11 is 12.0. The molecule has 1 aliphatic heterocycles. The van der Waals surface area contributed by atoms with Crippen molar-refractivity contribution in [1.82, 2.24) is 5.32 Å². The maximum absolute atomic E-state index is 13.9. The predicted octanol–water partition coefficient (Wildman–Crippen LogP) is 4.54. The molecule has 5 heteroatoms. The first-order valence-corrected chi connectivity index (χ1v) is 7.75. The Kier molecular flexibility index (Phi) is 5.53. The van der Waals surface area contributed by atoms with Crippen LogP contribution in [0.4, 0.5) is 4.39 Å². The van der Waals surface area contributed by atoms with Crippen LogP contribution in [0.3, 0.4) is 0 Å². The van der Waals surface area contributed by atoms with E-state index in [0.29, 0.717) is 16.9 Å². The van der Waals surface area contributed by atoms with Crippen LogP contribution in [0, 0.1) is 17.7 Å². The van der Waals surface area contributed by atoms with E-state index in [9.17, 15) is 4.39 Å². The molecule has 1 N–H and O–H groups in total. The summed E-state index contributed by atoms with van der Waals surface area (Å²) in [7, 11) is 0. The van der Waals surface area contributed by atoms with Gasteiger partial charge >= 0.3 is 0 Å². The standard InChI is InChI=1S/C15H20Cl2FNO/c1-9(2)7-13(10-5-6-19-8-10)20-15-12(18)4-3-11(16)14(15)17/h3-4,9-10,13,19H,5-8H2,1-2H3. The Labute approximate surface area is 129 Å². The Morgan fingerprint density at radius 2 is 2.15 bits per heavy atom. The number of hydrogen-bond donors (Lipinski definition) is 1. The Morgan fingerprint density at radius 1 is 1.40 bits per heavy atom. The summed E-state index contributed by atoms with van der Waals surface area (Å²) in [4.78, 5) is 0. The number of halogens is 3. The highest BCUT2D eigenvalue weighted by atomic mass is 35.5. The number of rotatable bonds is 5. The smallest absolute Gasteiger partial charge is 0.175 e. The third-order valence-electron chi connectivity index (χ3n) is 3.60. The first-order chi connectivity index (χ1) is 9.49. The molecule has 2 unspecified atom stereocenters. The zero-order valence-electron chi connectivity index (χ0n) is 11.8. The Morgan fingerprint density at radius 3 is 2.75 bits per heavy atom. The third kappa shape index (κ3) is 3.78. The van der Waals surface area contributed by atoms with Crippen molar-refractivity contribution < 1.29 is 9.13 Å². The molecular formula is C15H20Cl2FNO. The average Bonchev–Trinajstić information content (AvgIpc) is 2.91. The lowest BCUT2D eigenvalue weighted by Crippen LogP contribution is -2.30. The van der Waals surface area contributed by atoms with Gasteiger partial charge in [-0.15, -0.1) is 0 Å². The summed E-state index contributed by atoms with van der Waals surface area (Å²) in [5.74, 6) is 0.476. The molecule has 0 aromatic heterocycles. The molecule has 2 atom stereocenters. The summed E-state index contributed by atoms with van der Waals surface area (Å²) in [5, 5.41) is 3.79. The van der Waals surface area contributed by atoms with Gasteiger partial charge in [-0.25, -0.2) is 4.39 Å². The maximum Gasteiger partial charge on any atom is 0.175 e. The SMILES string of the molecule is CC(C)CC(Oc1c(F)ccc(Cl)c1Cl)C1CCNC1. The van der Waals surface area contributed by atoms with E-state index in [4.69, 9.17) is 27.9 Å². The van der Waals surface area contributed by atoms with Crippen LogP contribution >= 0.6 is 23.2 Å². The number of ether oxygens (including phenoxy) is 1. The first-order valence-electron chi connectivity index (χ1n) is 7.00. The highest BCUT2D eigenvalue weighted by Gasteiger charge is 2.29. The molecule has 1 aliphatic rings. The van der Waals surface area contributed by atoms with Gasteiger partial charge in [0.1, 0.15) is 11.1 Å². The minimum Gasteiger partial charge on any atom is -0.485 e. The van der Waals surface area contributed by atoms with E-state index in [0.717, 1.165) is 25.9 Å². The molecular weight excluding hydrogens is 300 g/mol. The second kappa shape index (κ2) is 6.97. The van der Waals surface area contributed by atoms with Gasteiger partial charge in [0.05, 0.1) is 5.02 Å². The highest BCUT2D eigenvalue weighted by Crippen LogP contribution is 2.36. The molecule has 1 fully saturated rings. The van der Waals surface area contributed by atoms with E-state index in [1.165, 1.54) is 12.1 Å². The third-order valence-corrected chi connectivity index (χ3v) is 4.39. The van der Waals surface area contributed by atoms with Crippen LogP contribution in [0.1, 0.15) is 26.7 Å². The minimum atomic E-state index is -0.459. The topological polar surface area (TPSA) is 21.3 Å². The summed E-state index contributed by atoms with van der Waals surface area (Å²) in [6, 6.07) is 2.74. The quantitative estimate of drug-likeness (QED) is 0.805. The molecule has 1 aromatic rings. The minimum absolute atomic E-state index is 0.0459. The molecule has 0 amide bonds. The van der Waals surface area contributed by atoms with Gasteiger partial charge in [0.2, 0.25) is 0 Å². The molecule has 0 radical (unpaired) electrons. The molecule has 2 nitrogen and oxygen atoms in total. The predicted molar refractivity (Wildman–Crippen MR) is 81.3 cm³/mol. The van der Waals surface area contributed by atoms with Crippen LogP contribution in [0.15, 0.2) is 12.1 Å². The number of benzene rings is 1. The first kappa shape index (κ1) is 15.9. The summed E-state index contributed by atoms with van der Waals surface area (Å²) in [6.07, 6.45) is 1.86. The van der Waals surface area contributed by atoms with Gasteiger partial charge in [0, 0.05) is 12.5 Å². The van der Waals surface area contributed by atoms with Gasteiger partial charge in [-0.3, -0.25) is 0 Å². The van der Waals surface area contributed by atoms with Gasteiger partial charge in [-0.1, -0.05) is 37.0 Å². The van der Waals surface area contributed by atoms with Crippen LogP contribution in [-0.4, -0.2) is 19.2 Å². The number of hydrogen-bond acceptors (Lipinski definition) is 2. The molecule has 20 heavy (non-hydrogen) atoms. The van der Waals surface area contributed by atoms with E-state index in [1.54, 1.807) is 0 Å². The van der Waals surface area contributed by atoms with Crippen molar-refractivity contribution in [2.45, 2.75) is 32.8 Å². The van der Waals surface area contributed by atoms with Crippen LogP contribution in [0.5, 0.6) is 5.75 Å². The lowest BCUT2D eigenvalue weighted by Gasteiger charge is -2.26. The van der Waals surface area contributed by atoms with Gasteiger partial charge in [-0.05, 0) is 37.4 Å². The van der Waals surface area contributed by atoms with E-state index in [1.807, 2.05) is 0 Å². The average molecular weight is 320 g/mol. The van der Waals surface area contributed by atoms with Gasteiger partial charge < -0.3 is 10.1 Å². The fraction of sp³-hybridized carbons (Fsp3) is 0.600. The summed E-state index contributed by atoms with van der Waals surface area (Å²) < 4.78 is 19.9. The zero-order chi connectivity index (χ0) is 14.7. The maximum atomic E-state index is 13.9. The molecule has 1 saturated heterocycles. The molecule has 2 rings (SSSR count). The van der Waals surface area contributed by atoms with Crippen LogP contribution in [0.25, 0.3) is 0 Å². The molecule has 1 heterocycles. The highest BCUT2D eigenvalue weighted by molar-refractivity contribution is 6.42. The lowest BCUT2D eigenvalue weighted by molar-refractivity contribution is 0.114. The van der Waals surface area contributed by atoms with E-state index < -0.39 is 5.82 Å². The van der Waals surface area contributed by atoms with E-state index >= 15 is 0 Å². The summed E-state index contributed by atoms with van der Waals surface area (Å²) in [5.41, 5.74) is 0. The fourth-order valence-electron chi connectivity index (χ4n) is 2.56. The van der Waals surface area contributed by atoms with Crippen molar-refractivity contribution in [3.05, 3.63) is 28.0 Å². The Balaban J connectivity index is 2.20. The van der Waals surface area contributed by atoms with Gasteiger partial charge in [0.25, 0.3) is 0 Å². The normalized spacial score (nSPS) is 20.4. The van der Waals surface area contributed by atoms with Crippen LogP contribution in [-0.2, 0) is 0 Å². The lowest BCUT2D eigenvalue weighted by atomic mass is 9.93. The largest absolute Gasteiger partial charge is 0.485 e. The van der Waals surface area contributed by atoms with Crippen molar-refractivity contribution in [3.63, 3.8) is 0 Å². The molecule has 1 aromatic carbocycles. The van der Waals surface area contributed by atoms with E-state index in [-0.39, 0.29) is 16.9 Å². The molecule has 0 saturated carbocycles. The summed E-state index contributed by atoms with van der Waals surface area (Å²) in [6.45, 7) is 6.15. The monoisotopic (exact) mass is 319 g/mol. The Hall–Kier alpha value is -0.510. The van der Waals surface area contributed by atoms with Crippen molar-refractivity contribution >= 4 is 23.2 Å². The van der Waals surface area contributed by atoms with Crippen LogP contribution < -0.4 is 10.1 Å².